The van der Waals surface area contributed by atoms with Crippen LogP contribution in [0.15, 0.2) is 36.9 Å². The monoisotopic (exact) mass is 288 g/mol. The van der Waals surface area contributed by atoms with Gasteiger partial charge in [0.1, 0.15) is 18.5 Å². The van der Waals surface area contributed by atoms with Gasteiger partial charge < -0.3 is 10.5 Å². The van der Waals surface area contributed by atoms with Gasteiger partial charge in [-0.05, 0) is 6.07 Å². The molecule has 2 N–H and O–H groups in total. The number of rotatable bonds is 5. The molecule has 6 heteroatoms. The lowest BCUT2D eigenvalue weighted by molar-refractivity contribution is 0.289. The smallest absolute Gasteiger partial charge is 0.253 e. The third-order valence-corrected chi connectivity index (χ3v) is 3.06. The minimum absolute atomic E-state index is 0.201. The molecule has 20 heavy (non-hydrogen) atoms. The first kappa shape index (κ1) is 14.0. The summed E-state index contributed by atoms with van der Waals surface area (Å²) in [6, 6.07) is 9.31. The number of nitriles is 1. The second-order valence-electron chi connectivity index (χ2n) is 4.03. The van der Waals surface area contributed by atoms with Gasteiger partial charge in [0, 0.05) is 10.6 Å². The number of nitrogens with zero attached hydrogens (tertiary/aromatic N) is 3. The lowest BCUT2D eigenvalue weighted by Crippen LogP contribution is -2.03. The maximum absolute atomic E-state index is 9.12. The number of ether oxygens (including phenoxy) is 1. The molecule has 0 radical (unpaired) electrons. The summed E-state index contributed by atoms with van der Waals surface area (Å²) >= 11 is 6.04. The van der Waals surface area contributed by atoms with Crippen molar-refractivity contribution in [2.75, 3.05) is 5.73 Å². The maximum Gasteiger partial charge on any atom is 0.253 e. The van der Waals surface area contributed by atoms with Gasteiger partial charge in [-0.15, -0.1) is 11.7 Å². The van der Waals surface area contributed by atoms with E-state index in [1.807, 2.05) is 24.3 Å². The van der Waals surface area contributed by atoms with Crippen molar-refractivity contribution in [2.24, 2.45) is 0 Å². The van der Waals surface area contributed by atoms with E-state index in [-0.39, 0.29) is 23.9 Å². The van der Waals surface area contributed by atoms with E-state index < -0.39 is 0 Å². The van der Waals surface area contributed by atoms with Crippen molar-refractivity contribution in [1.82, 2.24) is 9.78 Å². The van der Waals surface area contributed by atoms with E-state index in [1.165, 1.54) is 4.68 Å². The Bertz CT molecular complexity index is 672. The van der Waals surface area contributed by atoms with Gasteiger partial charge in [-0.1, -0.05) is 35.9 Å². The standard InChI is InChI=1S/C14H13ClN4O/c1-2-7-19-13(17)11(8-16)14(18-19)20-9-10-5-3-4-6-12(10)15/h2-6H,1,7,9,17H2. The molecule has 0 atom stereocenters. The van der Waals surface area contributed by atoms with Crippen molar-refractivity contribution in [2.45, 2.75) is 13.2 Å². The summed E-state index contributed by atoms with van der Waals surface area (Å²) in [4.78, 5) is 0. The van der Waals surface area contributed by atoms with Gasteiger partial charge in [0.2, 0.25) is 0 Å². The van der Waals surface area contributed by atoms with E-state index in [9.17, 15) is 0 Å². The van der Waals surface area contributed by atoms with Crippen LogP contribution in [0, 0.1) is 11.3 Å². The molecule has 0 aliphatic carbocycles. The van der Waals surface area contributed by atoms with Crippen LogP contribution >= 0.6 is 11.6 Å². The third kappa shape index (κ3) is 2.76. The van der Waals surface area contributed by atoms with Crippen LogP contribution in [0.3, 0.4) is 0 Å². The largest absolute Gasteiger partial charge is 0.471 e. The third-order valence-electron chi connectivity index (χ3n) is 2.70. The zero-order valence-electron chi connectivity index (χ0n) is 10.7. The van der Waals surface area contributed by atoms with Crippen LogP contribution in [0.1, 0.15) is 11.1 Å². The Morgan fingerprint density at radius 3 is 2.90 bits per heavy atom. The van der Waals surface area contributed by atoms with Crippen LogP contribution in [-0.2, 0) is 13.2 Å². The summed E-state index contributed by atoms with van der Waals surface area (Å²) in [7, 11) is 0. The predicted molar refractivity (Wildman–Crippen MR) is 77.3 cm³/mol. The fraction of sp³-hybridized carbons (Fsp3) is 0.143. The topological polar surface area (TPSA) is 76.9 Å². The summed E-state index contributed by atoms with van der Waals surface area (Å²) < 4.78 is 7.02. The molecule has 0 saturated carbocycles. The van der Waals surface area contributed by atoms with Crippen LogP contribution in [0.4, 0.5) is 5.82 Å². The Morgan fingerprint density at radius 1 is 1.50 bits per heavy atom. The van der Waals surface area contributed by atoms with Crippen LogP contribution < -0.4 is 10.5 Å². The number of aromatic nitrogens is 2. The van der Waals surface area contributed by atoms with Crippen molar-refractivity contribution in [3.8, 4) is 11.9 Å². The molecule has 2 aromatic rings. The number of benzene rings is 1. The quantitative estimate of drug-likeness (QED) is 0.858. The molecule has 0 amide bonds. The Labute approximate surface area is 121 Å². The fourth-order valence-corrected chi connectivity index (χ4v) is 1.87. The predicted octanol–water partition coefficient (Wildman–Crippen LogP) is 2.76. The number of halogens is 1. The number of nitrogen functional groups attached to an aromatic ring is 1. The molecular formula is C14H13ClN4O. The molecule has 2 rings (SSSR count). The van der Waals surface area contributed by atoms with Crippen molar-refractivity contribution < 1.29 is 4.74 Å². The minimum atomic E-state index is 0.201. The summed E-state index contributed by atoms with van der Waals surface area (Å²) in [6.07, 6.45) is 1.64. The first-order valence-corrected chi connectivity index (χ1v) is 6.28. The van der Waals surface area contributed by atoms with E-state index in [1.54, 1.807) is 12.1 Å². The first-order chi connectivity index (χ1) is 9.67. The Morgan fingerprint density at radius 2 is 2.25 bits per heavy atom. The highest BCUT2D eigenvalue weighted by Gasteiger charge is 2.16. The molecule has 1 aromatic heterocycles. The van der Waals surface area contributed by atoms with Gasteiger partial charge in [-0.2, -0.15) is 5.26 Å². The van der Waals surface area contributed by atoms with Crippen molar-refractivity contribution >= 4 is 17.4 Å². The second-order valence-corrected chi connectivity index (χ2v) is 4.44. The molecule has 5 nitrogen and oxygen atoms in total. The summed E-state index contributed by atoms with van der Waals surface area (Å²) in [5.41, 5.74) is 6.86. The van der Waals surface area contributed by atoms with Crippen LogP contribution in [-0.4, -0.2) is 9.78 Å². The SMILES string of the molecule is C=CCn1nc(OCc2ccccc2Cl)c(C#N)c1N. The Kier molecular flexibility index (Phi) is 4.28. The molecule has 0 aliphatic heterocycles. The molecule has 102 valence electrons. The molecule has 0 spiro atoms. The van der Waals surface area contributed by atoms with E-state index in [0.29, 0.717) is 11.6 Å². The normalized spacial score (nSPS) is 10.0. The van der Waals surface area contributed by atoms with Crippen LogP contribution in [0.5, 0.6) is 5.88 Å². The zero-order valence-corrected chi connectivity index (χ0v) is 11.5. The molecule has 0 fully saturated rings. The highest BCUT2D eigenvalue weighted by molar-refractivity contribution is 6.31. The number of nitrogens with two attached hydrogens (primary N) is 1. The van der Waals surface area contributed by atoms with E-state index in [4.69, 9.17) is 27.3 Å². The lowest BCUT2D eigenvalue weighted by Gasteiger charge is -2.05. The van der Waals surface area contributed by atoms with Gasteiger partial charge in [-0.25, -0.2) is 4.68 Å². The van der Waals surface area contributed by atoms with Gasteiger partial charge in [0.15, 0.2) is 5.56 Å². The minimum Gasteiger partial charge on any atom is -0.471 e. The molecule has 0 aliphatic rings. The number of hydrogen-bond donors (Lipinski definition) is 1. The van der Waals surface area contributed by atoms with Gasteiger partial charge >= 0.3 is 0 Å². The summed E-state index contributed by atoms with van der Waals surface area (Å²) in [6.45, 7) is 4.24. The molecule has 0 bridgehead atoms. The van der Waals surface area contributed by atoms with Gasteiger partial charge in [0.05, 0.1) is 6.54 Å². The molecule has 1 heterocycles. The first-order valence-electron chi connectivity index (χ1n) is 5.90. The number of anilines is 1. The highest BCUT2D eigenvalue weighted by atomic mass is 35.5. The zero-order chi connectivity index (χ0) is 14.5. The number of allylic oxidation sites excluding steroid dienone is 1. The lowest BCUT2D eigenvalue weighted by atomic mass is 10.2. The highest BCUT2D eigenvalue weighted by Crippen LogP contribution is 2.24. The van der Waals surface area contributed by atoms with E-state index >= 15 is 0 Å². The molecule has 1 aromatic carbocycles. The average Bonchev–Trinajstić information content (AvgIpc) is 2.74. The Hall–Kier alpha value is -2.45. The van der Waals surface area contributed by atoms with Gasteiger partial charge in [0.25, 0.3) is 5.88 Å². The van der Waals surface area contributed by atoms with Crippen molar-refractivity contribution in [3.63, 3.8) is 0 Å². The second kappa shape index (κ2) is 6.13. The van der Waals surface area contributed by atoms with E-state index in [2.05, 4.69) is 11.7 Å². The van der Waals surface area contributed by atoms with Crippen molar-refractivity contribution in [3.05, 3.63) is 53.1 Å². The fourth-order valence-electron chi connectivity index (χ4n) is 1.68. The number of hydrogen-bond acceptors (Lipinski definition) is 4. The molecule has 0 saturated heterocycles. The van der Waals surface area contributed by atoms with Crippen LogP contribution in [0.25, 0.3) is 0 Å². The van der Waals surface area contributed by atoms with Gasteiger partial charge in [-0.3, -0.25) is 0 Å². The average molecular weight is 289 g/mol. The summed E-state index contributed by atoms with van der Waals surface area (Å²) in [5, 5.41) is 13.9. The molecular weight excluding hydrogens is 276 g/mol. The molecule has 0 unspecified atom stereocenters. The van der Waals surface area contributed by atoms with Crippen LogP contribution in [0.2, 0.25) is 5.02 Å². The Balaban J connectivity index is 2.22. The van der Waals surface area contributed by atoms with Crippen molar-refractivity contribution in [1.29, 1.82) is 5.26 Å². The maximum atomic E-state index is 9.12. The van der Waals surface area contributed by atoms with E-state index in [0.717, 1.165) is 5.56 Å². The summed E-state index contributed by atoms with van der Waals surface area (Å²) in [5.74, 6) is 0.466.